The van der Waals surface area contributed by atoms with Crippen molar-refractivity contribution in [3.05, 3.63) is 34.9 Å². The number of carbonyl (C=O) groups is 1. The molecule has 1 N–H and O–H groups in total. The number of alkyl halides is 1. The van der Waals surface area contributed by atoms with Gasteiger partial charge in [-0.1, -0.05) is 23.8 Å². The zero-order valence-electron chi connectivity index (χ0n) is 13.6. The summed E-state index contributed by atoms with van der Waals surface area (Å²) < 4.78 is 18.6. The molecule has 122 valence electrons. The van der Waals surface area contributed by atoms with Crippen LogP contribution in [0.3, 0.4) is 0 Å². The maximum atomic E-state index is 13.3. The van der Waals surface area contributed by atoms with Gasteiger partial charge < -0.3 is 10.1 Å². The van der Waals surface area contributed by atoms with Crippen LogP contribution in [0.4, 0.5) is 4.39 Å². The van der Waals surface area contributed by atoms with Crippen molar-refractivity contribution in [2.75, 3.05) is 19.9 Å². The number of hydrogen-bond acceptors (Lipinski definition) is 2. The first-order chi connectivity index (χ1) is 10.5. The average molecular weight is 307 g/mol. The lowest BCUT2D eigenvalue weighted by Crippen LogP contribution is -2.53. The van der Waals surface area contributed by atoms with Crippen LogP contribution >= 0.6 is 0 Å². The molecule has 0 saturated carbocycles. The Hall–Kier alpha value is -1.42. The van der Waals surface area contributed by atoms with E-state index in [1.807, 2.05) is 0 Å². The Kier molecular flexibility index (Phi) is 5.95. The third kappa shape index (κ3) is 4.54. The van der Waals surface area contributed by atoms with Crippen LogP contribution in [0, 0.1) is 13.8 Å². The van der Waals surface area contributed by atoms with Crippen molar-refractivity contribution in [1.29, 1.82) is 0 Å². The van der Waals surface area contributed by atoms with Crippen LogP contribution in [-0.4, -0.2) is 31.3 Å². The fraction of sp³-hybridized carbons (Fsp3) is 0.611. The van der Waals surface area contributed by atoms with Gasteiger partial charge in [-0.25, -0.2) is 4.39 Å². The first kappa shape index (κ1) is 16.9. The van der Waals surface area contributed by atoms with Crippen LogP contribution in [0.5, 0.6) is 0 Å². The number of benzene rings is 1. The molecule has 0 spiro atoms. The van der Waals surface area contributed by atoms with Gasteiger partial charge >= 0.3 is 0 Å². The highest BCUT2D eigenvalue weighted by molar-refractivity contribution is 5.76. The van der Waals surface area contributed by atoms with Gasteiger partial charge in [-0.2, -0.15) is 0 Å². The lowest BCUT2D eigenvalue weighted by molar-refractivity contribution is -0.124. The van der Waals surface area contributed by atoms with Crippen molar-refractivity contribution in [2.24, 2.45) is 0 Å². The zero-order valence-corrected chi connectivity index (χ0v) is 13.6. The molecule has 1 aliphatic heterocycles. The van der Waals surface area contributed by atoms with Gasteiger partial charge in [0, 0.05) is 19.6 Å². The molecule has 1 saturated heterocycles. The molecule has 0 bridgehead atoms. The van der Waals surface area contributed by atoms with Crippen molar-refractivity contribution in [3.63, 3.8) is 0 Å². The third-order valence-electron chi connectivity index (χ3n) is 4.46. The molecule has 4 heteroatoms. The first-order valence-corrected chi connectivity index (χ1v) is 8.05. The summed E-state index contributed by atoms with van der Waals surface area (Å²) in [5.74, 6) is -0.0511. The second-order valence-corrected chi connectivity index (χ2v) is 6.36. The van der Waals surface area contributed by atoms with E-state index in [-0.39, 0.29) is 5.91 Å². The largest absolute Gasteiger partial charge is 0.381 e. The summed E-state index contributed by atoms with van der Waals surface area (Å²) in [6.07, 6.45) is 3.23. The summed E-state index contributed by atoms with van der Waals surface area (Å²) in [7, 11) is 0. The normalized spacial score (nSPS) is 17.2. The molecule has 1 heterocycles. The smallest absolute Gasteiger partial charge is 0.220 e. The van der Waals surface area contributed by atoms with Gasteiger partial charge in [-0.15, -0.1) is 0 Å². The van der Waals surface area contributed by atoms with Gasteiger partial charge in [-0.3, -0.25) is 4.79 Å². The molecular weight excluding hydrogens is 281 g/mol. The van der Waals surface area contributed by atoms with E-state index in [4.69, 9.17) is 4.74 Å². The monoisotopic (exact) mass is 307 g/mol. The van der Waals surface area contributed by atoms with Crippen LogP contribution in [0.25, 0.3) is 0 Å². The zero-order chi connectivity index (χ0) is 16.0. The highest BCUT2D eigenvalue weighted by Gasteiger charge is 2.33. The number of halogens is 1. The van der Waals surface area contributed by atoms with Crippen LogP contribution in [-0.2, 0) is 16.0 Å². The van der Waals surface area contributed by atoms with E-state index < -0.39 is 12.2 Å². The SMILES string of the molecule is Cc1ccc(C)c(CCCC(=O)NC2(CF)CCOCC2)c1. The van der Waals surface area contributed by atoms with E-state index >= 15 is 0 Å². The molecule has 0 aliphatic carbocycles. The van der Waals surface area contributed by atoms with E-state index in [2.05, 4.69) is 37.4 Å². The van der Waals surface area contributed by atoms with Crippen LogP contribution in [0.2, 0.25) is 0 Å². The van der Waals surface area contributed by atoms with Crippen molar-refractivity contribution < 1.29 is 13.9 Å². The highest BCUT2D eigenvalue weighted by atomic mass is 19.1. The summed E-state index contributed by atoms with van der Waals surface area (Å²) >= 11 is 0. The second kappa shape index (κ2) is 7.73. The molecule has 1 aromatic rings. The molecule has 1 fully saturated rings. The Bertz CT molecular complexity index is 510. The molecule has 1 aliphatic rings. The van der Waals surface area contributed by atoms with Gasteiger partial charge in [0.2, 0.25) is 5.91 Å². The van der Waals surface area contributed by atoms with Crippen LogP contribution in [0.15, 0.2) is 18.2 Å². The Balaban J connectivity index is 1.81. The van der Waals surface area contributed by atoms with Crippen molar-refractivity contribution in [1.82, 2.24) is 5.32 Å². The fourth-order valence-electron chi connectivity index (χ4n) is 2.92. The minimum absolute atomic E-state index is 0.0511. The number of hydrogen-bond donors (Lipinski definition) is 1. The second-order valence-electron chi connectivity index (χ2n) is 6.36. The quantitative estimate of drug-likeness (QED) is 0.876. The minimum atomic E-state index is -0.700. The number of aryl methyl sites for hydroxylation is 3. The van der Waals surface area contributed by atoms with Crippen LogP contribution < -0.4 is 5.32 Å². The molecule has 0 unspecified atom stereocenters. The van der Waals surface area contributed by atoms with E-state index in [9.17, 15) is 9.18 Å². The lowest BCUT2D eigenvalue weighted by Gasteiger charge is -2.35. The standard InChI is InChI=1S/C18H26FNO2/c1-14-6-7-15(2)16(12-14)4-3-5-17(21)20-18(13-19)8-10-22-11-9-18/h6-7,12H,3-5,8-11,13H2,1-2H3,(H,20,21). The molecular formula is C18H26FNO2. The van der Waals surface area contributed by atoms with Crippen molar-refractivity contribution in [3.8, 4) is 0 Å². The van der Waals surface area contributed by atoms with Gasteiger partial charge in [-0.05, 0) is 50.7 Å². The summed E-state index contributed by atoms with van der Waals surface area (Å²) in [5.41, 5.74) is 3.09. The van der Waals surface area contributed by atoms with E-state index in [1.54, 1.807) is 0 Å². The number of nitrogens with one attached hydrogen (secondary N) is 1. The highest BCUT2D eigenvalue weighted by Crippen LogP contribution is 2.22. The number of rotatable bonds is 6. The van der Waals surface area contributed by atoms with Gasteiger partial charge in [0.1, 0.15) is 6.67 Å². The Morgan fingerprint density at radius 2 is 2.05 bits per heavy atom. The molecule has 22 heavy (non-hydrogen) atoms. The van der Waals surface area contributed by atoms with Crippen molar-refractivity contribution >= 4 is 5.91 Å². The predicted molar refractivity (Wildman–Crippen MR) is 85.8 cm³/mol. The number of ether oxygens (including phenoxy) is 1. The van der Waals surface area contributed by atoms with E-state index in [0.29, 0.717) is 32.5 Å². The number of carbonyl (C=O) groups excluding carboxylic acids is 1. The van der Waals surface area contributed by atoms with Crippen molar-refractivity contribution in [2.45, 2.75) is 51.5 Å². The van der Waals surface area contributed by atoms with Gasteiger partial charge in [0.25, 0.3) is 0 Å². The Labute approximate surface area is 132 Å². The van der Waals surface area contributed by atoms with Crippen LogP contribution in [0.1, 0.15) is 42.4 Å². The number of amides is 1. The average Bonchev–Trinajstić information content (AvgIpc) is 2.51. The molecule has 2 rings (SSSR count). The summed E-state index contributed by atoms with van der Waals surface area (Å²) in [6.45, 7) is 4.69. The predicted octanol–water partition coefficient (Wildman–Crippen LogP) is 3.26. The Morgan fingerprint density at radius 3 is 2.73 bits per heavy atom. The maximum Gasteiger partial charge on any atom is 0.220 e. The Morgan fingerprint density at radius 1 is 1.32 bits per heavy atom. The third-order valence-corrected chi connectivity index (χ3v) is 4.46. The molecule has 1 aromatic carbocycles. The molecule has 0 aromatic heterocycles. The maximum absolute atomic E-state index is 13.3. The van der Waals surface area contributed by atoms with Gasteiger partial charge in [0.05, 0.1) is 5.54 Å². The molecule has 3 nitrogen and oxygen atoms in total. The first-order valence-electron chi connectivity index (χ1n) is 8.05. The van der Waals surface area contributed by atoms with E-state index in [0.717, 1.165) is 12.8 Å². The molecule has 0 atom stereocenters. The summed E-state index contributed by atoms with van der Waals surface area (Å²) in [4.78, 5) is 12.1. The molecule has 0 radical (unpaired) electrons. The molecule has 1 amide bonds. The lowest BCUT2D eigenvalue weighted by atomic mass is 9.91. The topological polar surface area (TPSA) is 38.3 Å². The minimum Gasteiger partial charge on any atom is -0.381 e. The summed E-state index contributed by atoms with van der Waals surface area (Å²) in [5, 5.41) is 2.90. The summed E-state index contributed by atoms with van der Waals surface area (Å²) in [6, 6.07) is 6.39. The van der Waals surface area contributed by atoms with E-state index in [1.165, 1.54) is 16.7 Å². The fourth-order valence-corrected chi connectivity index (χ4v) is 2.92. The van der Waals surface area contributed by atoms with Gasteiger partial charge in [0.15, 0.2) is 0 Å².